The van der Waals surface area contributed by atoms with Gasteiger partial charge in [-0.05, 0) is 61.7 Å². The van der Waals surface area contributed by atoms with Crippen molar-refractivity contribution in [2.75, 3.05) is 6.54 Å². The maximum absolute atomic E-state index is 11.0. The molecule has 0 spiro atoms. The average Bonchev–Trinajstić information content (AvgIpc) is 2.13. The van der Waals surface area contributed by atoms with Gasteiger partial charge in [0.25, 0.3) is 0 Å². The summed E-state index contributed by atoms with van der Waals surface area (Å²) in [6.45, 7) is 0.672. The van der Waals surface area contributed by atoms with Crippen molar-refractivity contribution in [2.24, 2.45) is 34.7 Å². The quantitative estimate of drug-likeness (QED) is 0.422. The summed E-state index contributed by atoms with van der Waals surface area (Å²) in [5.41, 5.74) is 5.53. The fourth-order valence-corrected chi connectivity index (χ4v) is 4.92. The third-order valence-corrected chi connectivity index (χ3v) is 4.95. The molecule has 0 heterocycles. The molecule has 4 saturated carbocycles. The summed E-state index contributed by atoms with van der Waals surface area (Å²) in [4.78, 5) is 11.0. The van der Waals surface area contributed by atoms with Crippen LogP contribution in [0.15, 0.2) is 0 Å². The van der Waals surface area contributed by atoms with Crippen LogP contribution in [0.1, 0.15) is 38.5 Å². The van der Waals surface area contributed by atoms with E-state index in [9.17, 15) is 4.79 Å². The molecule has 4 nitrogen and oxygen atoms in total. The minimum Gasteiger partial charge on any atom is -0.350 e. The highest BCUT2D eigenvalue weighted by atomic mass is 16.2. The largest absolute Gasteiger partial charge is 0.350 e. The van der Waals surface area contributed by atoms with Gasteiger partial charge in [-0.15, -0.1) is 0 Å². The molecular formula is C12H21N3O. The van der Waals surface area contributed by atoms with E-state index in [0.717, 1.165) is 17.8 Å². The Morgan fingerprint density at radius 2 is 1.56 bits per heavy atom. The molecule has 90 valence electrons. The normalized spacial score (nSPS) is 44.7. The Morgan fingerprint density at radius 3 is 1.94 bits per heavy atom. The van der Waals surface area contributed by atoms with Gasteiger partial charge in [0.15, 0.2) is 0 Å². The van der Waals surface area contributed by atoms with Gasteiger partial charge in [0.05, 0.1) is 0 Å². The Morgan fingerprint density at radius 1 is 1.12 bits per heavy atom. The van der Waals surface area contributed by atoms with E-state index >= 15 is 0 Å². The van der Waals surface area contributed by atoms with E-state index in [1.54, 1.807) is 0 Å². The second-order valence-electron chi connectivity index (χ2n) is 6.38. The maximum Gasteiger partial charge on any atom is 0.328 e. The van der Waals surface area contributed by atoms with Crippen molar-refractivity contribution in [3.63, 3.8) is 0 Å². The first-order chi connectivity index (χ1) is 7.56. The van der Waals surface area contributed by atoms with E-state index in [4.69, 9.17) is 11.6 Å². The van der Waals surface area contributed by atoms with Crippen LogP contribution in [0, 0.1) is 23.2 Å². The number of carbonyl (C=O) groups is 1. The zero-order chi connectivity index (χ0) is 11.3. The van der Waals surface area contributed by atoms with Crippen LogP contribution >= 0.6 is 0 Å². The topological polar surface area (TPSA) is 72.4 Å². The Kier molecular flexibility index (Phi) is 2.18. The van der Waals surface area contributed by atoms with Gasteiger partial charge in [0.2, 0.25) is 0 Å². The summed E-state index contributed by atoms with van der Waals surface area (Å²) in [5.74, 6) is 8.38. The Hall–Kier alpha value is -0.770. The SMILES string of the molecule is NC(=O)N(N)CC12CC3CC(CC(C3)C1)C2. The van der Waals surface area contributed by atoms with E-state index in [1.807, 2.05) is 0 Å². The van der Waals surface area contributed by atoms with Crippen LogP contribution in [0.5, 0.6) is 0 Å². The standard InChI is InChI=1S/C12H21N3O/c13-11(16)15(14)7-12-4-8-1-9(5-12)3-10(2-8)6-12/h8-10H,1-7,14H2,(H2,13,16). The van der Waals surface area contributed by atoms with Crippen molar-refractivity contribution in [3.8, 4) is 0 Å². The Labute approximate surface area is 96.3 Å². The van der Waals surface area contributed by atoms with Gasteiger partial charge in [-0.25, -0.2) is 10.6 Å². The summed E-state index contributed by atoms with van der Waals surface area (Å²) in [7, 11) is 0. The summed E-state index contributed by atoms with van der Waals surface area (Å²) < 4.78 is 0. The highest BCUT2D eigenvalue weighted by molar-refractivity contribution is 5.71. The van der Waals surface area contributed by atoms with E-state index in [0.29, 0.717) is 12.0 Å². The fraction of sp³-hybridized carbons (Fsp3) is 0.917. The van der Waals surface area contributed by atoms with Gasteiger partial charge in [0, 0.05) is 6.54 Å². The summed E-state index contributed by atoms with van der Waals surface area (Å²) in [6.07, 6.45) is 8.04. The first kappa shape index (κ1) is 10.4. The first-order valence-corrected chi connectivity index (χ1v) is 6.38. The van der Waals surface area contributed by atoms with E-state index in [2.05, 4.69) is 0 Å². The van der Waals surface area contributed by atoms with Crippen LogP contribution in [0.25, 0.3) is 0 Å². The van der Waals surface area contributed by atoms with E-state index in [1.165, 1.54) is 43.5 Å². The molecule has 16 heavy (non-hydrogen) atoms. The highest BCUT2D eigenvalue weighted by Gasteiger charge is 2.51. The zero-order valence-corrected chi connectivity index (χ0v) is 9.69. The molecule has 0 aliphatic heterocycles. The van der Waals surface area contributed by atoms with Gasteiger partial charge in [-0.3, -0.25) is 5.01 Å². The molecule has 4 N–H and O–H groups in total. The second-order valence-corrected chi connectivity index (χ2v) is 6.38. The van der Waals surface area contributed by atoms with Crippen molar-refractivity contribution >= 4 is 6.03 Å². The Balaban J connectivity index is 1.76. The lowest BCUT2D eigenvalue weighted by atomic mass is 9.49. The number of primary amides is 1. The maximum atomic E-state index is 11.0. The molecule has 2 amide bonds. The number of nitrogens with zero attached hydrogens (tertiary/aromatic N) is 1. The van der Waals surface area contributed by atoms with Crippen LogP contribution in [0.2, 0.25) is 0 Å². The molecule has 4 heteroatoms. The van der Waals surface area contributed by atoms with Crippen LogP contribution < -0.4 is 11.6 Å². The summed E-state index contributed by atoms with van der Waals surface area (Å²) in [5, 5.41) is 1.23. The molecule has 4 aliphatic rings. The van der Waals surface area contributed by atoms with Gasteiger partial charge < -0.3 is 5.73 Å². The third kappa shape index (κ3) is 1.59. The molecule has 0 saturated heterocycles. The predicted molar refractivity (Wildman–Crippen MR) is 61.1 cm³/mol. The van der Waals surface area contributed by atoms with Crippen LogP contribution in [0.4, 0.5) is 4.79 Å². The number of rotatable bonds is 2. The third-order valence-electron chi connectivity index (χ3n) is 4.95. The van der Waals surface area contributed by atoms with Gasteiger partial charge in [-0.2, -0.15) is 0 Å². The minimum atomic E-state index is -0.490. The number of urea groups is 1. The highest BCUT2D eigenvalue weighted by Crippen LogP contribution is 2.60. The number of amides is 2. The molecule has 0 aromatic carbocycles. The first-order valence-electron chi connectivity index (χ1n) is 6.38. The van der Waals surface area contributed by atoms with E-state index in [-0.39, 0.29) is 0 Å². The van der Waals surface area contributed by atoms with Crippen molar-refractivity contribution in [2.45, 2.75) is 38.5 Å². The fourth-order valence-electron chi connectivity index (χ4n) is 4.92. The number of hydrazine groups is 1. The lowest BCUT2D eigenvalue weighted by Crippen LogP contribution is -2.54. The molecule has 4 aliphatic carbocycles. The predicted octanol–water partition coefficient (Wildman–Crippen LogP) is 1.46. The average molecular weight is 223 g/mol. The lowest BCUT2D eigenvalue weighted by molar-refractivity contribution is -0.0636. The molecule has 0 atom stereocenters. The monoisotopic (exact) mass is 223 g/mol. The summed E-state index contributed by atoms with van der Waals surface area (Å²) >= 11 is 0. The van der Waals surface area contributed by atoms with Crippen LogP contribution in [-0.2, 0) is 0 Å². The number of nitrogens with two attached hydrogens (primary N) is 2. The van der Waals surface area contributed by atoms with Gasteiger partial charge >= 0.3 is 6.03 Å². The van der Waals surface area contributed by atoms with Crippen molar-refractivity contribution in [3.05, 3.63) is 0 Å². The zero-order valence-electron chi connectivity index (χ0n) is 9.69. The molecule has 0 radical (unpaired) electrons. The summed E-state index contributed by atoms with van der Waals surface area (Å²) in [6, 6.07) is -0.490. The smallest absolute Gasteiger partial charge is 0.328 e. The molecule has 0 aromatic rings. The van der Waals surface area contributed by atoms with Gasteiger partial charge in [0.1, 0.15) is 0 Å². The lowest BCUT2D eigenvalue weighted by Gasteiger charge is -2.57. The molecule has 4 bridgehead atoms. The Bertz CT molecular complexity index is 280. The van der Waals surface area contributed by atoms with Crippen molar-refractivity contribution in [1.82, 2.24) is 5.01 Å². The minimum absolute atomic E-state index is 0.304. The number of hydrogen-bond donors (Lipinski definition) is 2. The van der Waals surface area contributed by atoms with Crippen molar-refractivity contribution in [1.29, 1.82) is 0 Å². The number of hydrogen-bond acceptors (Lipinski definition) is 2. The van der Waals surface area contributed by atoms with E-state index < -0.39 is 6.03 Å². The van der Waals surface area contributed by atoms with Crippen molar-refractivity contribution < 1.29 is 4.79 Å². The molecule has 4 fully saturated rings. The second kappa shape index (κ2) is 3.36. The molecule has 0 aromatic heterocycles. The van der Waals surface area contributed by atoms with Gasteiger partial charge in [-0.1, -0.05) is 0 Å². The van der Waals surface area contributed by atoms with Crippen LogP contribution in [0.3, 0.4) is 0 Å². The van der Waals surface area contributed by atoms with Crippen LogP contribution in [-0.4, -0.2) is 17.6 Å². The molecule has 4 rings (SSSR count). The number of carbonyl (C=O) groups excluding carboxylic acids is 1. The molecule has 0 unspecified atom stereocenters. The molecular weight excluding hydrogens is 202 g/mol.